The van der Waals surface area contributed by atoms with E-state index in [0.29, 0.717) is 12.2 Å². The minimum absolute atomic E-state index is 0.290. The molecule has 2 rings (SSSR count). The predicted molar refractivity (Wildman–Crippen MR) is 92.1 cm³/mol. The Kier molecular flexibility index (Phi) is 6.70. The third-order valence-electron chi connectivity index (χ3n) is 4.44. The molecule has 0 aliphatic heterocycles. The van der Waals surface area contributed by atoms with Gasteiger partial charge in [-0.1, -0.05) is 51.2 Å². The Morgan fingerprint density at radius 2 is 1.64 bits per heavy atom. The lowest BCUT2D eigenvalue weighted by Crippen LogP contribution is -1.97. The summed E-state index contributed by atoms with van der Waals surface area (Å²) in [6, 6.07) is 8.20. The van der Waals surface area contributed by atoms with Gasteiger partial charge < -0.3 is 4.74 Å². The molecule has 1 aromatic carbocycles. The molecule has 0 N–H and O–H groups in total. The summed E-state index contributed by atoms with van der Waals surface area (Å²) in [7, 11) is 0. The molecule has 22 heavy (non-hydrogen) atoms. The SMILES string of the molecule is CCCCCCCCOc1ccc(C2=C(C)C(=O)CC2)cc1. The summed E-state index contributed by atoms with van der Waals surface area (Å²) < 4.78 is 5.80. The van der Waals surface area contributed by atoms with Crippen LogP contribution in [0.3, 0.4) is 0 Å². The summed E-state index contributed by atoms with van der Waals surface area (Å²) in [5, 5.41) is 0. The fourth-order valence-electron chi connectivity index (χ4n) is 2.97. The minimum atomic E-state index is 0.290. The van der Waals surface area contributed by atoms with E-state index in [9.17, 15) is 4.79 Å². The van der Waals surface area contributed by atoms with Crippen LogP contribution in [0, 0.1) is 0 Å². The number of allylic oxidation sites excluding steroid dienone is 2. The summed E-state index contributed by atoms with van der Waals surface area (Å²) in [5.74, 6) is 1.22. The summed E-state index contributed by atoms with van der Waals surface area (Å²) in [6.45, 7) is 4.98. The average Bonchev–Trinajstić information content (AvgIpc) is 2.87. The van der Waals surface area contributed by atoms with Gasteiger partial charge in [0.15, 0.2) is 5.78 Å². The molecular formula is C20H28O2. The van der Waals surface area contributed by atoms with E-state index in [2.05, 4.69) is 19.1 Å². The van der Waals surface area contributed by atoms with Crippen LogP contribution < -0.4 is 4.74 Å². The van der Waals surface area contributed by atoms with Crippen LogP contribution in [0.1, 0.15) is 70.8 Å². The van der Waals surface area contributed by atoms with E-state index in [1.165, 1.54) is 37.7 Å². The van der Waals surface area contributed by atoms with Crippen molar-refractivity contribution in [2.24, 2.45) is 0 Å². The van der Waals surface area contributed by atoms with Crippen molar-refractivity contribution in [3.8, 4) is 5.75 Å². The van der Waals surface area contributed by atoms with Gasteiger partial charge in [0.1, 0.15) is 5.75 Å². The van der Waals surface area contributed by atoms with Gasteiger partial charge in [0.2, 0.25) is 0 Å². The number of unbranched alkanes of at least 4 members (excludes halogenated alkanes) is 5. The zero-order valence-electron chi connectivity index (χ0n) is 14.0. The standard InChI is InChI=1S/C20H28O2/c1-3-4-5-6-7-8-15-22-18-11-9-17(10-12-18)19-13-14-20(21)16(19)2/h9-12H,3-8,13-15H2,1-2H3. The van der Waals surface area contributed by atoms with Crippen LogP contribution >= 0.6 is 0 Å². The van der Waals surface area contributed by atoms with E-state index < -0.39 is 0 Å². The summed E-state index contributed by atoms with van der Waals surface area (Å²) in [5.41, 5.74) is 3.29. The van der Waals surface area contributed by atoms with E-state index in [4.69, 9.17) is 4.74 Å². The van der Waals surface area contributed by atoms with Gasteiger partial charge >= 0.3 is 0 Å². The van der Waals surface area contributed by atoms with Gasteiger partial charge in [0.25, 0.3) is 0 Å². The molecule has 1 aromatic rings. The molecule has 0 aromatic heterocycles. The number of ketones is 1. The van der Waals surface area contributed by atoms with Crippen molar-refractivity contribution in [2.75, 3.05) is 6.61 Å². The van der Waals surface area contributed by atoms with Crippen molar-refractivity contribution in [2.45, 2.75) is 65.2 Å². The quantitative estimate of drug-likeness (QED) is 0.558. The highest BCUT2D eigenvalue weighted by molar-refractivity contribution is 6.06. The lowest BCUT2D eigenvalue weighted by atomic mass is 10.0. The predicted octanol–water partition coefficient (Wildman–Crippen LogP) is 5.56. The van der Waals surface area contributed by atoms with Gasteiger partial charge in [0.05, 0.1) is 6.61 Å². The number of Topliss-reactive ketones (excluding diaryl/α,β-unsaturated/α-hetero) is 1. The fourth-order valence-corrected chi connectivity index (χ4v) is 2.97. The first-order chi connectivity index (χ1) is 10.7. The van der Waals surface area contributed by atoms with Gasteiger partial charge in [-0.3, -0.25) is 4.79 Å². The number of carbonyl (C=O) groups is 1. The molecule has 1 aliphatic carbocycles. The largest absolute Gasteiger partial charge is 0.494 e. The molecule has 0 saturated heterocycles. The van der Waals surface area contributed by atoms with Crippen molar-refractivity contribution in [3.63, 3.8) is 0 Å². The van der Waals surface area contributed by atoms with Gasteiger partial charge in [-0.05, 0) is 48.6 Å². The van der Waals surface area contributed by atoms with Gasteiger partial charge in [-0.15, -0.1) is 0 Å². The molecule has 0 unspecified atom stereocenters. The molecule has 0 spiro atoms. The van der Waals surface area contributed by atoms with Gasteiger partial charge in [-0.25, -0.2) is 0 Å². The maximum absolute atomic E-state index is 11.6. The molecular weight excluding hydrogens is 272 g/mol. The molecule has 0 fully saturated rings. The highest BCUT2D eigenvalue weighted by atomic mass is 16.5. The smallest absolute Gasteiger partial charge is 0.159 e. The lowest BCUT2D eigenvalue weighted by Gasteiger charge is -2.08. The first-order valence-electron chi connectivity index (χ1n) is 8.68. The van der Waals surface area contributed by atoms with Crippen molar-refractivity contribution < 1.29 is 9.53 Å². The first kappa shape index (κ1) is 16.8. The summed E-state index contributed by atoms with van der Waals surface area (Å²) >= 11 is 0. The van der Waals surface area contributed by atoms with Gasteiger partial charge in [-0.2, -0.15) is 0 Å². The molecule has 0 radical (unpaired) electrons. The number of hydrogen-bond donors (Lipinski definition) is 0. The second-order valence-electron chi connectivity index (χ2n) is 6.17. The Labute approximate surface area is 134 Å². The van der Waals surface area contributed by atoms with Crippen LogP contribution in [0.5, 0.6) is 5.75 Å². The molecule has 0 bridgehead atoms. The van der Waals surface area contributed by atoms with Crippen molar-refractivity contribution in [3.05, 3.63) is 35.4 Å². The van der Waals surface area contributed by atoms with Crippen molar-refractivity contribution >= 4 is 11.4 Å². The lowest BCUT2D eigenvalue weighted by molar-refractivity contribution is -0.114. The van der Waals surface area contributed by atoms with Crippen LogP contribution in [0.25, 0.3) is 5.57 Å². The third kappa shape index (κ3) is 4.72. The molecule has 0 amide bonds. The highest BCUT2D eigenvalue weighted by Crippen LogP contribution is 2.32. The summed E-state index contributed by atoms with van der Waals surface area (Å²) in [4.78, 5) is 11.6. The zero-order valence-corrected chi connectivity index (χ0v) is 14.0. The van der Waals surface area contributed by atoms with Crippen LogP contribution in [-0.4, -0.2) is 12.4 Å². The molecule has 120 valence electrons. The van der Waals surface area contributed by atoms with Crippen LogP contribution in [0.4, 0.5) is 0 Å². The molecule has 0 heterocycles. The maximum atomic E-state index is 11.6. The Morgan fingerprint density at radius 1 is 0.955 bits per heavy atom. The topological polar surface area (TPSA) is 26.3 Å². The normalized spacial score (nSPS) is 14.7. The number of hydrogen-bond acceptors (Lipinski definition) is 2. The monoisotopic (exact) mass is 300 g/mol. The Balaban J connectivity index is 1.75. The Bertz CT molecular complexity index is 511. The minimum Gasteiger partial charge on any atom is -0.494 e. The Hall–Kier alpha value is -1.57. The zero-order chi connectivity index (χ0) is 15.8. The van der Waals surface area contributed by atoms with E-state index >= 15 is 0 Å². The summed E-state index contributed by atoms with van der Waals surface area (Å²) in [6.07, 6.45) is 9.23. The van der Waals surface area contributed by atoms with E-state index in [1.807, 2.05) is 19.1 Å². The molecule has 2 nitrogen and oxygen atoms in total. The first-order valence-corrected chi connectivity index (χ1v) is 8.68. The fraction of sp³-hybridized carbons (Fsp3) is 0.550. The third-order valence-corrected chi connectivity index (χ3v) is 4.44. The van der Waals surface area contributed by atoms with E-state index in [0.717, 1.165) is 36.3 Å². The number of ether oxygens (including phenoxy) is 1. The highest BCUT2D eigenvalue weighted by Gasteiger charge is 2.19. The number of benzene rings is 1. The Morgan fingerprint density at radius 3 is 2.27 bits per heavy atom. The van der Waals surface area contributed by atoms with Gasteiger partial charge in [0, 0.05) is 6.42 Å². The molecule has 0 atom stereocenters. The molecule has 1 aliphatic rings. The second-order valence-corrected chi connectivity index (χ2v) is 6.17. The average molecular weight is 300 g/mol. The molecule has 0 saturated carbocycles. The van der Waals surface area contributed by atoms with Crippen LogP contribution in [-0.2, 0) is 4.79 Å². The van der Waals surface area contributed by atoms with E-state index in [-0.39, 0.29) is 0 Å². The van der Waals surface area contributed by atoms with Crippen LogP contribution in [0.2, 0.25) is 0 Å². The second kappa shape index (κ2) is 8.77. The van der Waals surface area contributed by atoms with Crippen LogP contribution in [0.15, 0.2) is 29.8 Å². The number of rotatable bonds is 9. The maximum Gasteiger partial charge on any atom is 0.159 e. The van der Waals surface area contributed by atoms with Crippen molar-refractivity contribution in [1.29, 1.82) is 0 Å². The van der Waals surface area contributed by atoms with Crippen molar-refractivity contribution in [1.82, 2.24) is 0 Å². The number of carbonyl (C=O) groups excluding carboxylic acids is 1. The molecule has 2 heteroatoms. The van der Waals surface area contributed by atoms with E-state index in [1.54, 1.807) is 0 Å².